The summed E-state index contributed by atoms with van der Waals surface area (Å²) in [7, 11) is 0. The van der Waals surface area contributed by atoms with Crippen molar-refractivity contribution in [3.63, 3.8) is 0 Å². The number of para-hydroxylation sites is 1. The van der Waals surface area contributed by atoms with Crippen LogP contribution in [0.4, 0.5) is 0 Å². The summed E-state index contributed by atoms with van der Waals surface area (Å²) in [5.74, 6) is 2.34. The first-order valence-electron chi connectivity index (χ1n) is 12.0. The molecule has 0 spiro atoms. The molecule has 1 unspecified atom stereocenters. The first-order chi connectivity index (χ1) is 17.5. The third-order valence-electron chi connectivity index (χ3n) is 5.89. The number of rotatable bonds is 8. The lowest BCUT2D eigenvalue weighted by Crippen LogP contribution is -1.98. The van der Waals surface area contributed by atoms with Crippen LogP contribution in [0.1, 0.15) is 48.2 Å². The molecule has 2 heterocycles. The van der Waals surface area contributed by atoms with Crippen LogP contribution in [0.3, 0.4) is 0 Å². The number of nitrogens with zero attached hydrogens (tertiary/aromatic N) is 2. The zero-order valence-electron chi connectivity index (χ0n) is 20.4. The fourth-order valence-corrected chi connectivity index (χ4v) is 6.11. The van der Waals surface area contributed by atoms with Crippen molar-refractivity contribution in [2.45, 2.75) is 39.0 Å². The van der Waals surface area contributed by atoms with Crippen molar-refractivity contribution in [2.24, 2.45) is 0 Å². The first-order valence-corrected chi connectivity index (χ1v) is 14.0. The van der Waals surface area contributed by atoms with Crippen molar-refractivity contribution < 1.29 is 4.74 Å². The Kier molecular flexibility index (Phi) is 7.51. The number of benzene rings is 3. The van der Waals surface area contributed by atoms with Crippen LogP contribution in [0.15, 0.2) is 85.2 Å². The maximum Gasteiger partial charge on any atom is 0.136 e. The van der Waals surface area contributed by atoms with E-state index in [9.17, 15) is 0 Å². The standard InChI is InChI=1S/C30H27ClN2OS2/c1-19(2)29-32-18-28(36-29)25-15-21(12-13-26(25)34-24-10-5-4-6-11-24)14-20(3)30-33-17-27(35-30)22-8-7-9-23(31)16-22/h4-13,15-20H,14H2,1-3H3. The lowest BCUT2D eigenvalue weighted by Gasteiger charge is -2.14. The van der Waals surface area contributed by atoms with Crippen molar-refractivity contribution in [3.8, 4) is 32.4 Å². The van der Waals surface area contributed by atoms with Crippen molar-refractivity contribution in [2.75, 3.05) is 0 Å². The van der Waals surface area contributed by atoms with Gasteiger partial charge in [-0.2, -0.15) is 0 Å². The lowest BCUT2D eigenvalue weighted by atomic mass is 9.99. The van der Waals surface area contributed by atoms with Crippen molar-refractivity contribution >= 4 is 34.3 Å². The van der Waals surface area contributed by atoms with Gasteiger partial charge in [-0.3, -0.25) is 0 Å². The van der Waals surface area contributed by atoms with E-state index in [1.54, 1.807) is 22.7 Å². The number of hydrogen-bond acceptors (Lipinski definition) is 5. The molecular weight excluding hydrogens is 504 g/mol. The molecule has 0 aliphatic heterocycles. The highest BCUT2D eigenvalue weighted by atomic mass is 35.5. The van der Waals surface area contributed by atoms with Crippen LogP contribution in [-0.4, -0.2) is 9.97 Å². The molecule has 0 bridgehead atoms. The Morgan fingerprint density at radius 3 is 2.31 bits per heavy atom. The predicted molar refractivity (Wildman–Crippen MR) is 153 cm³/mol. The van der Waals surface area contributed by atoms with E-state index < -0.39 is 0 Å². The van der Waals surface area contributed by atoms with E-state index >= 15 is 0 Å². The van der Waals surface area contributed by atoms with Crippen LogP contribution in [0.2, 0.25) is 5.02 Å². The van der Waals surface area contributed by atoms with E-state index in [-0.39, 0.29) is 5.92 Å². The van der Waals surface area contributed by atoms with Crippen LogP contribution in [0.25, 0.3) is 20.9 Å². The summed E-state index contributed by atoms with van der Waals surface area (Å²) < 4.78 is 6.30. The summed E-state index contributed by atoms with van der Waals surface area (Å²) in [5, 5.41) is 2.99. The van der Waals surface area contributed by atoms with E-state index in [0.29, 0.717) is 5.92 Å². The van der Waals surface area contributed by atoms with Gasteiger partial charge in [0.25, 0.3) is 0 Å². The summed E-state index contributed by atoms with van der Waals surface area (Å²) >= 11 is 9.65. The number of aromatic nitrogens is 2. The Hall–Kier alpha value is -2.99. The second-order valence-electron chi connectivity index (χ2n) is 9.14. The van der Waals surface area contributed by atoms with E-state index in [2.05, 4.69) is 50.0 Å². The number of hydrogen-bond donors (Lipinski definition) is 0. The van der Waals surface area contributed by atoms with Gasteiger partial charge in [0, 0.05) is 34.8 Å². The van der Waals surface area contributed by atoms with E-state index in [1.807, 2.05) is 60.9 Å². The molecule has 182 valence electrons. The quantitative estimate of drug-likeness (QED) is 0.200. The monoisotopic (exact) mass is 530 g/mol. The molecule has 0 aliphatic rings. The first kappa shape index (κ1) is 24.7. The minimum Gasteiger partial charge on any atom is -0.457 e. The van der Waals surface area contributed by atoms with Gasteiger partial charge in [-0.15, -0.1) is 22.7 Å². The van der Waals surface area contributed by atoms with Gasteiger partial charge in [0.1, 0.15) is 11.5 Å². The molecule has 2 aromatic heterocycles. The minimum atomic E-state index is 0.282. The summed E-state index contributed by atoms with van der Waals surface area (Å²) in [4.78, 5) is 11.7. The molecule has 3 nitrogen and oxygen atoms in total. The van der Waals surface area contributed by atoms with E-state index in [1.165, 1.54) is 5.56 Å². The number of halogens is 1. The second-order valence-corrected chi connectivity index (χ2v) is 11.7. The highest BCUT2D eigenvalue weighted by Gasteiger charge is 2.17. The Morgan fingerprint density at radius 1 is 0.806 bits per heavy atom. The lowest BCUT2D eigenvalue weighted by molar-refractivity contribution is 0.484. The molecule has 0 radical (unpaired) electrons. The molecule has 0 aliphatic carbocycles. The molecule has 6 heteroatoms. The SMILES string of the molecule is CC(C)c1ncc(-c2cc(CC(C)c3ncc(-c4cccc(Cl)c4)s3)ccc2Oc2ccccc2)s1. The molecular formula is C30H27ClN2OS2. The van der Waals surface area contributed by atoms with Crippen molar-refractivity contribution in [1.29, 1.82) is 0 Å². The molecule has 36 heavy (non-hydrogen) atoms. The zero-order chi connectivity index (χ0) is 25.1. The zero-order valence-corrected chi connectivity index (χ0v) is 22.8. The Bertz CT molecular complexity index is 1460. The molecule has 1 atom stereocenters. The smallest absolute Gasteiger partial charge is 0.136 e. The fourth-order valence-electron chi connectivity index (χ4n) is 4.01. The average Bonchev–Trinajstić information content (AvgIpc) is 3.56. The highest BCUT2D eigenvalue weighted by molar-refractivity contribution is 7.15. The second kappa shape index (κ2) is 11.0. The fraction of sp³-hybridized carbons (Fsp3) is 0.200. The molecule has 5 rings (SSSR count). The van der Waals surface area contributed by atoms with Gasteiger partial charge in [0.15, 0.2) is 0 Å². The Balaban J connectivity index is 1.42. The number of thiazole rings is 2. The van der Waals surface area contributed by atoms with Crippen LogP contribution in [-0.2, 0) is 6.42 Å². The van der Waals surface area contributed by atoms with Gasteiger partial charge in [-0.25, -0.2) is 9.97 Å². The van der Waals surface area contributed by atoms with Gasteiger partial charge in [-0.1, -0.05) is 68.8 Å². The molecule has 0 saturated heterocycles. The Labute approximate surface area is 225 Å². The van der Waals surface area contributed by atoms with Gasteiger partial charge in [0.2, 0.25) is 0 Å². The summed E-state index contributed by atoms with van der Waals surface area (Å²) in [6.45, 7) is 6.58. The molecule has 0 saturated carbocycles. The highest BCUT2D eigenvalue weighted by Crippen LogP contribution is 2.39. The van der Waals surface area contributed by atoms with Crippen LogP contribution >= 0.6 is 34.3 Å². The van der Waals surface area contributed by atoms with Crippen LogP contribution in [0.5, 0.6) is 11.5 Å². The van der Waals surface area contributed by atoms with Gasteiger partial charge >= 0.3 is 0 Å². The predicted octanol–water partition coefficient (Wildman–Crippen LogP) is 9.85. The maximum absolute atomic E-state index is 6.30. The largest absolute Gasteiger partial charge is 0.457 e. The summed E-state index contributed by atoms with van der Waals surface area (Å²) in [6, 6.07) is 24.3. The average molecular weight is 531 g/mol. The van der Waals surface area contributed by atoms with Gasteiger partial charge in [0.05, 0.1) is 19.8 Å². The van der Waals surface area contributed by atoms with Crippen molar-refractivity contribution in [3.05, 3.63) is 106 Å². The maximum atomic E-state index is 6.30. The topological polar surface area (TPSA) is 35.0 Å². The van der Waals surface area contributed by atoms with Crippen LogP contribution in [0, 0.1) is 0 Å². The van der Waals surface area contributed by atoms with Crippen LogP contribution < -0.4 is 4.74 Å². The molecule has 0 fully saturated rings. The van der Waals surface area contributed by atoms with E-state index in [0.717, 1.165) is 53.8 Å². The third kappa shape index (κ3) is 5.70. The van der Waals surface area contributed by atoms with Gasteiger partial charge in [-0.05, 0) is 53.9 Å². The van der Waals surface area contributed by atoms with Gasteiger partial charge < -0.3 is 4.74 Å². The normalized spacial score (nSPS) is 12.1. The summed E-state index contributed by atoms with van der Waals surface area (Å²) in [6.07, 6.45) is 4.81. The number of ether oxygens (including phenoxy) is 1. The van der Waals surface area contributed by atoms with E-state index in [4.69, 9.17) is 21.3 Å². The van der Waals surface area contributed by atoms with Crippen molar-refractivity contribution in [1.82, 2.24) is 9.97 Å². The molecule has 0 N–H and O–H groups in total. The molecule has 3 aromatic carbocycles. The third-order valence-corrected chi connectivity index (χ3v) is 8.74. The molecule has 0 amide bonds. The minimum absolute atomic E-state index is 0.282. The summed E-state index contributed by atoms with van der Waals surface area (Å²) in [5.41, 5.74) is 3.43. The molecule has 5 aromatic rings. The Morgan fingerprint density at radius 2 is 1.56 bits per heavy atom.